The summed E-state index contributed by atoms with van der Waals surface area (Å²) in [6, 6.07) is 1.55. The predicted molar refractivity (Wildman–Crippen MR) is 74.5 cm³/mol. The highest BCUT2D eigenvalue weighted by Crippen LogP contribution is 2.11. The summed E-state index contributed by atoms with van der Waals surface area (Å²) in [5, 5.41) is 0. The highest BCUT2D eigenvalue weighted by Gasteiger charge is 2.10. The van der Waals surface area contributed by atoms with Gasteiger partial charge in [-0.25, -0.2) is 9.78 Å². The number of ether oxygens (including phenoxy) is 1. The van der Waals surface area contributed by atoms with Crippen molar-refractivity contribution in [2.75, 3.05) is 12.3 Å². The van der Waals surface area contributed by atoms with E-state index in [2.05, 4.69) is 11.9 Å². The molecule has 0 saturated heterocycles. The van der Waals surface area contributed by atoms with Gasteiger partial charge in [-0.05, 0) is 25.0 Å². The zero-order valence-corrected chi connectivity index (χ0v) is 11.8. The van der Waals surface area contributed by atoms with Crippen LogP contribution >= 0.6 is 0 Å². The number of unbranched alkanes of at least 4 members (excludes halogenated alkanes) is 2. The normalized spacial score (nSPS) is 9.33. The number of carbonyl (C=O) groups is 1. The van der Waals surface area contributed by atoms with Crippen molar-refractivity contribution >= 4 is 11.8 Å². The van der Waals surface area contributed by atoms with Gasteiger partial charge in [-0.3, -0.25) is 0 Å². The van der Waals surface area contributed by atoms with Crippen LogP contribution in [0.15, 0.2) is 12.3 Å². The number of hydrogen-bond acceptors (Lipinski definition) is 4. The molecule has 1 rings (SSSR count). The highest BCUT2D eigenvalue weighted by molar-refractivity contribution is 5.91. The van der Waals surface area contributed by atoms with Crippen LogP contribution in [0.3, 0.4) is 0 Å². The molecule has 1 heterocycles. The van der Waals surface area contributed by atoms with Crippen molar-refractivity contribution in [3.63, 3.8) is 0 Å². The average Bonchev–Trinajstić information content (AvgIpc) is 2.39. The number of rotatable bonds is 5. The van der Waals surface area contributed by atoms with Gasteiger partial charge in [0.05, 0.1) is 12.2 Å². The lowest BCUT2D eigenvalue weighted by Crippen LogP contribution is -2.09. The van der Waals surface area contributed by atoms with Crippen LogP contribution in [0.25, 0.3) is 0 Å². The van der Waals surface area contributed by atoms with Gasteiger partial charge in [-0.2, -0.15) is 0 Å². The molecule has 0 aliphatic heterocycles. The van der Waals surface area contributed by atoms with E-state index in [0.29, 0.717) is 18.0 Å². The Bertz CT molecular complexity index is 365. The van der Waals surface area contributed by atoms with Crippen LogP contribution in [-0.4, -0.2) is 17.6 Å². The first-order chi connectivity index (χ1) is 8.65. The Hall–Kier alpha value is -1.58. The van der Waals surface area contributed by atoms with E-state index in [4.69, 9.17) is 10.5 Å². The van der Waals surface area contributed by atoms with E-state index in [1.54, 1.807) is 12.3 Å². The van der Waals surface area contributed by atoms with Gasteiger partial charge in [0, 0.05) is 6.20 Å². The van der Waals surface area contributed by atoms with Gasteiger partial charge in [-0.15, -0.1) is 0 Å². The Labute approximate surface area is 110 Å². The Kier molecular flexibility index (Phi) is 8.62. The molecule has 0 unspecified atom stereocenters. The van der Waals surface area contributed by atoms with Gasteiger partial charge in [0.1, 0.15) is 5.82 Å². The monoisotopic (exact) mass is 252 g/mol. The lowest BCUT2D eigenvalue weighted by atomic mass is 10.1. The van der Waals surface area contributed by atoms with Crippen molar-refractivity contribution in [3.8, 4) is 0 Å². The van der Waals surface area contributed by atoms with Crippen molar-refractivity contribution in [1.82, 2.24) is 4.98 Å². The lowest BCUT2D eigenvalue weighted by Gasteiger charge is -2.07. The van der Waals surface area contributed by atoms with Crippen molar-refractivity contribution in [1.29, 1.82) is 0 Å². The molecular formula is C14H24N2O2. The molecule has 0 aromatic carbocycles. The number of aryl methyl sites for hydroxylation is 1. The summed E-state index contributed by atoms with van der Waals surface area (Å²) in [6.07, 6.45) is 4.67. The predicted octanol–water partition coefficient (Wildman–Crippen LogP) is 3.35. The lowest BCUT2D eigenvalue weighted by molar-refractivity contribution is 0.0497. The molecule has 2 N–H and O–H groups in total. The molecule has 0 bridgehead atoms. The average molecular weight is 252 g/mol. The van der Waals surface area contributed by atoms with Crippen molar-refractivity contribution in [2.24, 2.45) is 0 Å². The highest BCUT2D eigenvalue weighted by atomic mass is 16.5. The number of esters is 1. The summed E-state index contributed by atoms with van der Waals surface area (Å²) >= 11 is 0. The summed E-state index contributed by atoms with van der Waals surface area (Å²) in [5.41, 5.74) is 6.81. The first kappa shape index (κ1) is 16.4. The topological polar surface area (TPSA) is 65.2 Å². The third-order valence-corrected chi connectivity index (χ3v) is 2.33. The SMILES string of the molecule is CC.CCCCCOC(=O)c1cc(N)ncc1C. The minimum Gasteiger partial charge on any atom is -0.462 e. The molecule has 0 aliphatic rings. The molecule has 0 saturated carbocycles. The van der Waals surface area contributed by atoms with Crippen molar-refractivity contribution < 1.29 is 9.53 Å². The number of aromatic nitrogens is 1. The van der Waals surface area contributed by atoms with Gasteiger partial charge in [0.15, 0.2) is 0 Å². The van der Waals surface area contributed by atoms with Crippen LogP contribution in [0.2, 0.25) is 0 Å². The maximum Gasteiger partial charge on any atom is 0.338 e. The largest absolute Gasteiger partial charge is 0.462 e. The zero-order valence-electron chi connectivity index (χ0n) is 11.8. The summed E-state index contributed by atoms with van der Waals surface area (Å²) in [4.78, 5) is 15.6. The standard InChI is InChI=1S/C12H18N2O2.C2H6/c1-3-4-5-6-16-12(15)10-7-11(13)14-8-9(10)2;1-2/h7-8H,3-6H2,1-2H3,(H2,13,14);1-2H3. The molecule has 0 radical (unpaired) electrons. The number of nitrogens with zero attached hydrogens (tertiary/aromatic N) is 1. The van der Waals surface area contributed by atoms with Crippen LogP contribution in [0.5, 0.6) is 0 Å². The van der Waals surface area contributed by atoms with Gasteiger partial charge in [-0.1, -0.05) is 33.6 Å². The fraction of sp³-hybridized carbons (Fsp3) is 0.571. The molecule has 102 valence electrons. The molecule has 1 aromatic rings. The minimum absolute atomic E-state index is 0.317. The molecule has 4 heteroatoms. The maximum absolute atomic E-state index is 11.7. The quantitative estimate of drug-likeness (QED) is 0.644. The van der Waals surface area contributed by atoms with E-state index in [1.807, 2.05) is 20.8 Å². The third-order valence-electron chi connectivity index (χ3n) is 2.33. The minimum atomic E-state index is -0.317. The van der Waals surface area contributed by atoms with Gasteiger partial charge in [0.2, 0.25) is 0 Å². The van der Waals surface area contributed by atoms with Crippen LogP contribution in [0.1, 0.15) is 56.0 Å². The Morgan fingerprint density at radius 2 is 2.06 bits per heavy atom. The smallest absolute Gasteiger partial charge is 0.338 e. The molecular weight excluding hydrogens is 228 g/mol. The Morgan fingerprint density at radius 3 is 2.67 bits per heavy atom. The Morgan fingerprint density at radius 1 is 1.39 bits per heavy atom. The first-order valence-electron chi connectivity index (χ1n) is 6.54. The summed E-state index contributed by atoms with van der Waals surface area (Å²) in [6.45, 7) is 8.39. The maximum atomic E-state index is 11.7. The molecule has 0 spiro atoms. The summed E-state index contributed by atoms with van der Waals surface area (Å²) < 4.78 is 5.14. The van der Waals surface area contributed by atoms with Crippen LogP contribution in [0, 0.1) is 6.92 Å². The van der Waals surface area contributed by atoms with Crippen LogP contribution in [-0.2, 0) is 4.74 Å². The molecule has 1 aromatic heterocycles. The molecule has 0 amide bonds. The van der Waals surface area contributed by atoms with E-state index in [-0.39, 0.29) is 5.97 Å². The summed E-state index contributed by atoms with van der Waals surface area (Å²) in [7, 11) is 0. The van der Waals surface area contributed by atoms with Crippen molar-refractivity contribution in [3.05, 3.63) is 23.4 Å². The fourth-order valence-corrected chi connectivity index (χ4v) is 1.35. The number of carbonyl (C=O) groups excluding carboxylic acids is 1. The molecule has 0 atom stereocenters. The second-order valence-corrected chi connectivity index (χ2v) is 3.77. The fourth-order valence-electron chi connectivity index (χ4n) is 1.35. The van der Waals surface area contributed by atoms with Crippen LogP contribution < -0.4 is 5.73 Å². The van der Waals surface area contributed by atoms with E-state index >= 15 is 0 Å². The van der Waals surface area contributed by atoms with Gasteiger partial charge < -0.3 is 10.5 Å². The molecule has 0 fully saturated rings. The van der Waals surface area contributed by atoms with Crippen LogP contribution in [0.4, 0.5) is 5.82 Å². The molecule has 4 nitrogen and oxygen atoms in total. The first-order valence-corrected chi connectivity index (χ1v) is 6.54. The van der Waals surface area contributed by atoms with E-state index in [1.165, 1.54) is 0 Å². The number of hydrogen-bond donors (Lipinski definition) is 1. The molecule has 0 aliphatic carbocycles. The van der Waals surface area contributed by atoms with E-state index in [0.717, 1.165) is 24.8 Å². The Balaban J connectivity index is 0.00000137. The number of pyridine rings is 1. The second kappa shape index (κ2) is 9.45. The summed E-state index contributed by atoms with van der Waals surface area (Å²) in [5.74, 6) is 0.0220. The third kappa shape index (κ3) is 5.66. The van der Waals surface area contributed by atoms with Gasteiger partial charge in [0.25, 0.3) is 0 Å². The second-order valence-electron chi connectivity index (χ2n) is 3.77. The number of nitrogen functional groups attached to an aromatic ring is 1. The number of nitrogens with two attached hydrogens (primary N) is 1. The van der Waals surface area contributed by atoms with E-state index < -0.39 is 0 Å². The van der Waals surface area contributed by atoms with Gasteiger partial charge >= 0.3 is 5.97 Å². The number of anilines is 1. The molecule has 18 heavy (non-hydrogen) atoms. The zero-order chi connectivity index (χ0) is 14.0. The van der Waals surface area contributed by atoms with Crippen molar-refractivity contribution in [2.45, 2.75) is 47.0 Å². The van der Waals surface area contributed by atoms with E-state index in [9.17, 15) is 4.79 Å².